The van der Waals surface area contributed by atoms with E-state index in [1.807, 2.05) is 0 Å². The number of hydrogen-bond donors (Lipinski definition) is 0. The summed E-state index contributed by atoms with van der Waals surface area (Å²) in [4.78, 5) is 0. The van der Waals surface area contributed by atoms with E-state index in [1.165, 1.54) is 50.6 Å². The van der Waals surface area contributed by atoms with Gasteiger partial charge in [0.2, 0.25) is 0 Å². The molecule has 0 aromatic rings. The molecule has 1 saturated heterocycles. The first-order chi connectivity index (χ1) is 3.71. The Balaban J connectivity index is 0.000000640. The minimum atomic E-state index is 0. The second kappa shape index (κ2) is 4.62. The van der Waals surface area contributed by atoms with E-state index in [2.05, 4.69) is 0 Å². The van der Waals surface area contributed by atoms with Crippen molar-refractivity contribution in [3.63, 3.8) is 0 Å². The van der Waals surface area contributed by atoms with Crippen LogP contribution in [0.4, 0.5) is 0 Å². The van der Waals surface area contributed by atoms with Gasteiger partial charge in [-0.25, -0.2) is 0 Å². The van der Waals surface area contributed by atoms with Gasteiger partial charge in [0.05, 0.1) is 0 Å². The predicted octanol–water partition coefficient (Wildman–Crippen LogP) is -0.250. The van der Waals surface area contributed by atoms with Crippen molar-refractivity contribution >= 4 is 10.2 Å². The molecule has 1 nitrogen and oxygen atoms in total. The molecular formula is C5H11HfOSiTa. The second-order valence-corrected chi connectivity index (χ2v) is 10.7. The Morgan fingerprint density at radius 3 is 2.33 bits per heavy atom. The van der Waals surface area contributed by atoms with Gasteiger partial charge in [0.1, 0.15) is 0 Å². The van der Waals surface area contributed by atoms with Gasteiger partial charge in [0.25, 0.3) is 0 Å². The van der Waals surface area contributed by atoms with Crippen LogP contribution in [0, 0.1) is 0 Å². The zero-order chi connectivity index (χ0) is 6.04. The third kappa shape index (κ3) is 4.27. The SMILES string of the molecule is [Hf].[SiH3][C]1([Ta])CCCCO1. The Hall–Kier alpha value is 1.79. The van der Waals surface area contributed by atoms with Gasteiger partial charge in [-0.05, 0) is 0 Å². The fourth-order valence-corrected chi connectivity index (χ4v) is 2.37. The maximum atomic E-state index is 5.58. The first-order valence-corrected chi connectivity index (χ1v) is 5.68. The fourth-order valence-electron chi connectivity index (χ4n) is 0.919. The Kier molecular flexibility index (Phi) is 5.54. The van der Waals surface area contributed by atoms with Crippen molar-refractivity contribution in [2.45, 2.75) is 22.7 Å². The Labute approximate surface area is 90.4 Å². The van der Waals surface area contributed by atoms with Crippen molar-refractivity contribution in [3.05, 3.63) is 0 Å². The molecule has 1 rings (SSSR count). The van der Waals surface area contributed by atoms with Gasteiger partial charge in [-0.2, -0.15) is 0 Å². The summed E-state index contributed by atoms with van der Waals surface area (Å²) in [5, 5.41) is 0. The molecule has 0 spiro atoms. The van der Waals surface area contributed by atoms with Crippen molar-refractivity contribution in [2.75, 3.05) is 6.61 Å². The van der Waals surface area contributed by atoms with Gasteiger partial charge >= 0.3 is 65.4 Å². The van der Waals surface area contributed by atoms with Crippen LogP contribution in [-0.2, 0) is 51.6 Å². The van der Waals surface area contributed by atoms with Crippen LogP contribution in [0.5, 0.6) is 0 Å². The van der Waals surface area contributed by atoms with Crippen molar-refractivity contribution < 1.29 is 51.6 Å². The Morgan fingerprint density at radius 1 is 1.44 bits per heavy atom. The first kappa shape index (κ1) is 10.8. The third-order valence-electron chi connectivity index (χ3n) is 1.45. The summed E-state index contributed by atoms with van der Waals surface area (Å²) >= 11 is 1.44. The number of rotatable bonds is 0. The van der Waals surface area contributed by atoms with E-state index in [0.29, 0.717) is 3.44 Å². The zero-order valence-corrected chi connectivity index (χ0v) is 14.5. The fraction of sp³-hybridized carbons (Fsp3) is 1.00. The molecule has 0 amide bonds. The van der Waals surface area contributed by atoms with Gasteiger partial charge in [-0.3, -0.25) is 0 Å². The van der Waals surface area contributed by atoms with Crippen LogP contribution >= 0.6 is 0 Å². The molecule has 1 fully saturated rings. The van der Waals surface area contributed by atoms with Crippen molar-refractivity contribution in [1.82, 2.24) is 0 Å². The van der Waals surface area contributed by atoms with Crippen LogP contribution in [-0.4, -0.2) is 20.3 Å². The molecule has 1 aliphatic rings. The number of ether oxygens (including phenoxy) is 1. The predicted molar refractivity (Wildman–Crippen MR) is 32.5 cm³/mol. The quantitative estimate of drug-likeness (QED) is 0.440. The molecule has 1 atom stereocenters. The van der Waals surface area contributed by atoms with Crippen LogP contribution in [0.15, 0.2) is 0 Å². The first-order valence-electron chi connectivity index (χ1n) is 3.07. The molecule has 0 N–H and O–H groups in total. The van der Waals surface area contributed by atoms with Crippen molar-refractivity contribution in [1.29, 1.82) is 0 Å². The van der Waals surface area contributed by atoms with E-state index >= 15 is 0 Å². The molecule has 0 aliphatic carbocycles. The molecule has 0 bridgehead atoms. The topological polar surface area (TPSA) is 9.23 Å². The van der Waals surface area contributed by atoms with Crippen LogP contribution in [0.25, 0.3) is 0 Å². The summed E-state index contributed by atoms with van der Waals surface area (Å²) in [7, 11) is 1.24. The van der Waals surface area contributed by atoms with Gasteiger partial charge in [0.15, 0.2) is 0 Å². The normalized spacial score (nSPS) is 35.6. The summed E-state index contributed by atoms with van der Waals surface area (Å²) in [6.45, 7) is 1.03. The van der Waals surface area contributed by atoms with Gasteiger partial charge < -0.3 is 0 Å². The monoisotopic (exact) mass is 476 g/mol. The standard InChI is InChI=1S/C5H11OSi.Hf.Ta/c7-5-3-1-2-4-6-5;;/h1-4H2,7H3;;. The molecule has 1 heterocycles. The minimum absolute atomic E-state index is 0. The molecule has 0 aromatic heterocycles. The van der Waals surface area contributed by atoms with Crippen molar-refractivity contribution in [2.24, 2.45) is 0 Å². The van der Waals surface area contributed by atoms with E-state index in [4.69, 9.17) is 4.74 Å². The molecule has 9 heavy (non-hydrogen) atoms. The van der Waals surface area contributed by atoms with Gasteiger partial charge in [0, 0.05) is 25.8 Å². The summed E-state index contributed by atoms with van der Waals surface area (Å²) in [6.07, 6.45) is 4.04. The third-order valence-corrected chi connectivity index (χ3v) is 3.50. The summed E-state index contributed by atoms with van der Waals surface area (Å²) in [5.74, 6) is 0. The van der Waals surface area contributed by atoms with Gasteiger partial charge in [-0.1, -0.05) is 0 Å². The Bertz CT molecular complexity index is 81.0. The van der Waals surface area contributed by atoms with E-state index < -0.39 is 0 Å². The average molecular weight is 475 g/mol. The van der Waals surface area contributed by atoms with Crippen LogP contribution < -0.4 is 0 Å². The zero-order valence-electron chi connectivity index (χ0n) is 5.68. The van der Waals surface area contributed by atoms with Crippen LogP contribution in [0.3, 0.4) is 0 Å². The van der Waals surface area contributed by atoms with Crippen LogP contribution in [0.2, 0.25) is 0 Å². The second-order valence-electron chi connectivity index (χ2n) is 2.48. The molecule has 0 aromatic carbocycles. The summed E-state index contributed by atoms with van der Waals surface area (Å²) < 4.78 is 6.01. The van der Waals surface area contributed by atoms with E-state index in [0.717, 1.165) is 6.61 Å². The maximum absolute atomic E-state index is 5.58. The molecule has 0 radical (unpaired) electrons. The molecule has 1 unspecified atom stereocenters. The molecular weight excluding hydrogens is 464 g/mol. The average Bonchev–Trinajstić information content (AvgIpc) is 1.65. The van der Waals surface area contributed by atoms with Crippen LogP contribution in [0.1, 0.15) is 19.3 Å². The summed E-state index contributed by atoms with van der Waals surface area (Å²) in [5.41, 5.74) is 0. The molecule has 0 saturated carbocycles. The Morgan fingerprint density at radius 2 is 2.11 bits per heavy atom. The molecule has 4 heteroatoms. The number of hydrogen-bond acceptors (Lipinski definition) is 1. The van der Waals surface area contributed by atoms with Crippen molar-refractivity contribution in [3.8, 4) is 0 Å². The molecule has 50 valence electrons. The molecule has 1 aliphatic heterocycles. The summed E-state index contributed by atoms with van der Waals surface area (Å²) in [6, 6.07) is 0. The van der Waals surface area contributed by atoms with E-state index in [-0.39, 0.29) is 25.8 Å². The van der Waals surface area contributed by atoms with Gasteiger partial charge in [-0.15, -0.1) is 0 Å². The van der Waals surface area contributed by atoms with E-state index in [1.54, 1.807) is 0 Å². The van der Waals surface area contributed by atoms with E-state index in [9.17, 15) is 0 Å².